The number of nitrogens with two attached hydrogens (primary N) is 1. The molecule has 2 heterocycles. The van der Waals surface area contributed by atoms with Crippen LogP contribution in [0.25, 0.3) is 0 Å². The van der Waals surface area contributed by atoms with E-state index in [0.717, 1.165) is 13.0 Å². The van der Waals surface area contributed by atoms with Crippen LogP contribution < -0.4 is 5.73 Å². The van der Waals surface area contributed by atoms with E-state index in [-0.39, 0.29) is 12.0 Å². The second kappa shape index (κ2) is 5.54. The first kappa shape index (κ1) is 13.1. The van der Waals surface area contributed by atoms with Gasteiger partial charge in [-0.15, -0.1) is 0 Å². The molecule has 1 amide bonds. The standard InChI is InChI=1S/C13H20N2O3/c1-9-5-6-15(8-12(9)17-2)13(16)11-4-3-10(7-14)18-11/h3-4,9,12H,5-8,14H2,1-2H3. The fourth-order valence-electron chi connectivity index (χ4n) is 2.28. The van der Waals surface area contributed by atoms with Crippen molar-refractivity contribution in [3.05, 3.63) is 23.7 Å². The van der Waals surface area contributed by atoms with Crippen molar-refractivity contribution in [1.29, 1.82) is 0 Å². The summed E-state index contributed by atoms with van der Waals surface area (Å²) in [6.45, 7) is 3.83. The van der Waals surface area contributed by atoms with Gasteiger partial charge in [0.2, 0.25) is 0 Å². The molecule has 0 spiro atoms. The molecule has 1 aromatic rings. The molecule has 0 bridgehead atoms. The molecule has 2 rings (SSSR count). The zero-order valence-electron chi connectivity index (χ0n) is 10.9. The predicted octanol–water partition coefficient (Wildman–Crippen LogP) is 1.24. The molecule has 1 aliphatic rings. The third-order valence-corrected chi connectivity index (χ3v) is 3.55. The third-order valence-electron chi connectivity index (χ3n) is 3.55. The zero-order valence-corrected chi connectivity index (χ0v) is 10.9. The van der Waals surface area contributed by atoms with Crippen molar-refractivity contribution in [2.24, 2.45) is 11.7 Å². The molecule has 1 saturated heterocycles. The van der Waals surface area contributed by atoms with E-state index in [4.69, 9.17) is 14.9 Å². The molecule has 5 heteroatoms. The van der Waals surface area contributed by atoms with Gasteiger partial charge in [-0.3, -0.25) is 4.79 Å². The molecule has 2 unspecified atom stereocenters. The highest BCUT2D eigenvalue weighted by molar-refractivity contribution is 5.91. The SMILES string of the molecule is COC1CN(C(=O)c2ccc(CN)o2)CCC1C. The molecule has 0 radical (unpaired) electrons. The van der Waals surface area contributed by atoms with E-state index in [0.29, 0.717) is 30.5 Å². The molecule has 18 heavy (non-hydrogen) atoms. The summed E-state index contributed by atoms with van der Waals surface area (Å²) in [7, 11) is 1.69. The van der Waals surface area contributed by atoms with Crippen molar-refractivity contribution in [3.8, 4) is 0 Å². The molecule has 0 aromatic carbocycles. The number of hydrogen-bond donors (Lipinski definition) is 1. The second-order valence-corrected chi connectivity index (χ2v) is 4.76. The minimum atomic E-state index is -0.0800. The van der Waals surface area contributed by atoms with Crippen LogP contribution in [0.15, 0.2) is 16.5 Å². The van der Waals surface area contributed by atoms with E-state index in [1.807, 2.05) is 0 Å². The van der Waals surface area contributed by atoms with Crippen LogP contribution in [0.2, 0.25) is 0 Å². The Morgan fingerprint density at radius 3 is 3.00 bits per heavy atom. The van der Waals surface area contributed by atoms with Gasteiger partial charge in [-0.05, 0) is 24.5 Å². The lowest BCUT2D eigenvalue weighted by Crippen LogP contribution is -2.46. The van der Waals surface area contributed by atoms with Crippen molar-refractivity contribution in [1.82, 2.24) is 4.90 Å². The Balaban J connectivity index is 2.05. The Morgan fingerprint density at radius 1 is 1.61 bits per heavy atom. The summed E-state index contributed by atoms with van der Waals surface area (Å²) < 4.78 is 10.8. The monoisotopic (exact) mass is 252 g/mol. The van der Waals surface area contributed by atoms with Crippen LogP contribution in [0, 0.1) is 5.92 Å². The lowest BCUT2D eigenvalue weighted by molar-refractivity contribution is -0.00266. The maximum absolute atomic E-state index is 12.2. The lowest BCUT2D eigenvalue weighted by Gasteiger charge is -2.35. The third kappa shape index (κ3) is 2.57. The van der Waals surface area contributed by atoms with E-state index in [9.17, 15) is 4.79 Å². The second-order valence-electron chi connectivity index (χ2n) is 4.76. The van der Waals surface area contributed by atoms with Gasteiger partial charge in [0, 0.05) is 20.2 Å². The zero-order chi connectivity index (χ0) is 13.1. The van der Waals surface area contributed by atoms with E-state index in [2.05, 4.69) is 6.92 Å². The van der Waals surface area contributed by atoms with Gasteiger partial charge in [0.25, 0.3) is 5.91 Å². The van der Waals surface area contributed by atoms with Crippen molar-refractivity contribution < 1.29 is 13.9 Å². The number of carbonyl (C=O) groups excluding carboxylic acids is 1. The number of hydrogen-bond acceptors (Lipinski definition) is 4. The smallest absolute Gasteiger partial charge is 0.289 e. The first-order chi connectivity index (χ1) is 8.65. The predicted molar refractivity (Wildman–Crippen MR) is 67.1 cm³/mol. The van der Waals surface area contributed by atoms with Crippen LogP contribution >= 0.6 is 0 Å². The Bertz CT molecular complexity index is 416. The Morgan fingerprint density at radius 2 is 2.39 bits per heavy atom. The minimum Gasteiger partial charge on any atom is -0.455 e. The van der Waals surface area contributed by atoms with Crippen LogP contribution in [0.4, 0.5) is 0 Å². The highest BCUT2D eigenvalue weighted by atomic mass is 16.5. The summed E-state index contributed by atoms with van der Waals surface area (Å²) >= 11 is 0. The van der Waals surface area contributed by atoms with Gasteiger partial charge < -0.3 is 19.8 Å². The molecule has 1 aromatic heterocycles. The normalized spacial score (nSPS) is 24.3. The first-order valence-corrected chi connectivity index (χ1v) is 6.26. The van der Waals surface area contributed by atoms with Gasteiger partial charge in [-0.2, -0.15) is 0 Å². The maximum Gasteiger partial charge on any atom is 0.289 e. The Kier molecular flexibility index (Phi) is 4.04. The molecular weight excluding hydrogens is 232 g/mol. The van der Waals surface area contributed by atoms with Crippen LogP contribution in [-0.2, 0) is 11.3 Å². The first-order valence-electron chi connectivity index (χ1n) is 6.26. The fraction of sp³-hybridized carbons (Fsp3) is 0.615. The minimum absolute atomic E-state index is 0.0800. The molecule has 2 N–H and O–H groups in total. The number of carbonyl (C=O) groups is 1. The molecular formula is C13H20N2O3. The summed E-state index contributed by atoms with van der Waals surface area (Å²) in [6, 6.07) is 3.43. The van der Waals surface area contributed by atoms with Crippen LogP contribution in [0.5, 0.6) is 0 Å². The number of rotatable bonds is 3. The van der Waals surface area contributed by atoms with Crippen LogP contribution in [0.1, 0.15) is 29.7 Å². The number of amides is 1. The Labute approximate surface area is 107 Å². The number of likely N-dealkylation sites (tertiary alicyclic amines) is 1. The summed E-state index contributed by atoms with van der Waals surface area (Å²) in [6.07, 6.45) is 1.06. The summed E-state index contributed by atoms with van der Waals surface area (Å²) in [4.78, 5) is 14.0. The number of piperidine rings is 1. The van der Waals surface area contributed by atoms with E-state index >= 15 is 0 Å². The number of ether oxygens (including phenoxy) is 1. The topological polar surface area (TPSA) is 68.7 Å². The summed E-state index contributed by atoms with van der Waals surface area (Å²) in [5.74, 6) is 1.39. The molecule has 0 aliphatic carbocycles. The van der Waals surface area contributed by atoms with E-state index in [1.54, 1.807) is 24.1 Å². The maximum atomic E-state index is 12.2. The van der Waals surface area contributed by atoms with Crippen LogP contribution in [-0.4, -0.2) is 37.1 Å². The van der Waals surface area contributed by atoms with Crippen LogP contribution in [0.3, 0.4) is 0 Å². The van der Waals surface area contributed by atoms with Crippen molar-refractivity contribution in [2.45, 2.75) is 26.0 Å². The molecule has 5 nitrogen and oxygen atoms in total. The molecule has 2 atom stereocenters. The number of furan rings is 1. The van der Waals surface area contributed by atoms with Gasteiger partial charge in [0.15, 0.2) is 5.76 Å². The van der Waals surface area contributed by atoms with Gasteiger partial charge in [-0.1, -0.05) is 6.92 Å². The van der Waals surface area contributed by atoms with Crippen molar-refractivity contribution in [3.63, 3.8) is 0 Å². The quantitative estimate of drug-likeness (QED) is 0.878. The Hall–Kier alpha value is -1.33. The largest absolute Gasteiger partial charge is 0.455 e. The van der Waals surface area contributed by atoms with Crippen molar-refractivity contribution >= 4 is 5.91 Å². The molecule has 100 valence electrons. The average molecular weight is 252 g/mol. The van der Waals surface area contributed by atoms with Crippen molar-refractivity contribution in [2.75, 3.05) is 20.2 Å². The molecule has 1 aliphatic heterocycles. The lowest BCUT2D eigenvalue weighted by atomic mass is 9.95. The van der Waals surface area contributed by atoms with Gasteiger partial charge in [0.05, 0.1) is 12.6 Å². The van der Waals surface area contributed by atoms with Gasteiger partial charge in [-0.25, -0.2) is 0 Å². The average Bonchev–Trinajstić information content (AvgIpc) is 2.87. The summed E-state index contributed by atoms with van der Waals surface area (Å²) in [5, 5.41) is 0. The number of methoxy groups -OCH3 is 1. The highest BCUT2D eigenvalue weighted by Gasteiger charge is 2.30. The molecule has 0 saturated carbocycles. The summed E-state index contributed by atoms with van der Waals surface area (Å²) in [5.41, 5.74) is 5.46. The van der Waals surface area contributed by atoms with E-state index < -0.39 is 0 Å². The fourth-order valence-corrected chi connectivity index (χ4v) is 2.28. The number of nitrogens with zero attached hydrogens (tertiary/aromatic N) is 1. The van der Waals surface area contributed by atoms with Gasteiger partial charge >= 0.3 is 0 Å². The van der Waals surface area contributed by atoms with E-state index in [1.165, 1.54) is 0 Å². The highest BCUT2D eigenvalue weighted by Crippen LogP contribution is 2.21. The van der Waals surface area contributed by atoms with Gasteiger partial charge in [0.1, 0.15) is 5.76 Å². The molecule has 1 fully saturated rings.